The lowest BCUT2D eigenvalue weighted by atomic mass is 10.2. The van der Waals surface area contributed by atoms with E-state index in [9.17, 15) is 14.4 Å². The second kappa shape index (κ2) is 8.57. The Morgan fingerprint density at radius 1 is 1.23 bits per heavy atom. The van der Waals surface area contributed by atoms with Crippen LogP contribution in [0.25, 0.3) is 10.2 Å². The lowest BCUT2D eigenvalue weighted by Crippen LogP contribution is -2.39. The third kappa shape index (κ3) is 3.85. The summed E-state index contributed by atoms with van der Waals surface area (Å²) < 4.78 is 2.68. The molecule has 1 fully saturated rings. The van der Waals surface area contributed by atoms with Gasteiger partial charge in [0.1, 0.15) is 4.83 Å². The van der Waals surface area contributed by atoms with Crippen molar-refractivity contribution in [2.45, 2.75) is 32.4 Å². The van der Waals surface area contributed by atoms with Crippen molar-refractivity contribution in [3.63, 3.8) is 0 Å². The van der Waals surface area contributed by atoms with Crippen LogP contribution in [0.5, 0.6) is 0 Å². The van der Waals surface area contributed by atoms with Gasteiger partial charge in [0.25, 0.3) is 11.5 Å². The fourth-order valence-electron chi connectivity index (χ4n) is 4.14. The van der Waals surface area contributed by atoms with E-state index in [2.05, 4.69) is 17.1 Å². The first-order valence-electron chi connectivity index (χ1n) is 10.3. The Hall–Kier alpha value is -2.71. The number of nitrogens with zero attached hydrogens (tertiary/aromatic N) is 3. The molecule has 1 amide bonds. The average molecular weight is 427 g/mol. The van der Waals surface area contributed by atoms with Gasteiger partial charge in [-0.1, -0.05) is 37.3 Å². The Labute approximate surface area is 178 Å². The van der Waals surface area contributed by atoms with Gasteiger partial charge in [0.05, 0.1) is 16.8 Å². The van der Waals surface area contributed by atoms with Crippen molar-refractivity contribution in [1.29, 1.82) is 0 Å². The van der Waals surface area contributed by atoms with Crippen molar-refractivity contribution in [2.75, 3.05) is 19.6 Å². The van der Waals surface area contributed by atoms with Gasteiger partial charge in [-0.15, -0.1) is 11.3 Å². The number of nitrogens with one attached hydrogen (secondary N) is 1. The van der Waals surface area contributed by atoms with Crippen molar-refractivity contribution in [3.8, 4) is 0 Å². The fourth-order valence-corrected chi connectivity index (χ4v) is 5.16. The molecule has 1 atom stereocenters. The van der Waals surface area contributed by atoms with E-state index in [1.54, 1.807) is 13.1 Å². The van der Waals surface area contributed by atoms with Crippen LogP contribution in [0, 0.1) is 0 Å². The highest BCUT2D eigenvalue weighted by Gasteiger charge is 2.24. The number of hydrogen-bond acceptors (Lipinski definition) is 5. The van der Waals surface area contributed by atoms with E-state index in [0.717, 1.165) is 31.5 Å². The number of benzene rings is 1. The van der Waals surface area contributed by atoms with Gasteiger partial charge in [-0.25, -0.2) is 4.79 Å². The summed E-state index contributed by atoms with van der Waals surface area (Å²) in [7, 11) is 1.64. The van der Waals surface area contributed by atoms with Crippen LogP contribution in [-0.4, -0.2) is 45.6 Å². The van der Waals surface area contributed by atoms with E-state index in [4.69, 9.17) is 0 Å². The number of fused-ring (bicyclic) bond motifs is 1. The molecule has 158 valence electrons. The van der Waals surface area contributed by atoms with Crippen LogP contribution in [-0.2, 0) is 13.6 Å². The second-order valence-corrected chi connectivity index (χ2v) is 8.71. The summed E-state index contributed by atoms with van der Waals surface area (Å²) in [6.07, 6.45) is 2.24. The Balaban J connectivity index is 1.61. The molecule has 0 aliphatic carbocycles. The molecule has 1 aliphatic heterocycles. The normalized spacial score (nSPS) is 16.9. The van der Waals surface area contributed by atoms with E-state index in [0.29, 0.717) is 27.7 Å². The van der Waals surface area contributed by atoms with Gasteiger partial charge in [0.2, 0.25) is 0 Å². The van der Waals surface area contributed by atoms with Crippen molar-refractivity contribution < 1.29 is 4.79 Å². The summed E-state index contributed by atoms with van der Waals surface area (Å²) in [5.74, 6) is -0.194. The maximum atomic E-state index is 13.0. The molecule has 0 saturated carbocycles. The first kappa shape index (κ1) is 20.6. The first-order chi connectivity index (χ1) is 14.5. The molecule has 8 heteroatoms. The van der Waals surface area contributed by atoms with Gasteiger partial charge in [-0.05, 0) is 37.6 Å². The molecule has 1 N–H and O–H groups in total. The van der Waals surface area contributed by atoms with Crippen molar-refractivity contribution in [2.24, 2.45) is 7.05 Å². The summed E-state index contributed by atoms with van der Waals surface area (Å²) in [4.78, 5) is 41.9. The van der Waals surface area contributed by atoms with Crippen LogP contribution < -0.4 is 16.6 Å². The predicted octanol–water partition coefficient (Wildman–Crippen LogP) is 2.02. The SMILES string of the molecule is CCN1CCCC1CNC(=O)c1cc2c(=O)n(Cc3ccccc3)c(=O)n(C)c2s1. The number of hydrogen-bond donors (Lipinski definition) is 1. The molecular weight excluding hydrogens is 400 g/mol. The summed E-state index contributed by atoms with van der Waals surface area (Å²) in [5.41, 5.74) is 0.135. The van der Waals surface area contributed by atoms with Gasteiger partial charge in [-0.2, -0.15) is 0 Å². The fraction of sp³-hybridized carbons (Fsp3) is 0.409. The molecule has 1 aliphatic rings. The molecule has 3 aromatic rings. The zero-order valence-corrected chi connectivity index (χ0v) is 18.1. The highest BCUT2D eigenvalue weighted by molar-refractivity contribution is 7.20. The lowest BCUT2D eigenvalue weighted by Gasteiger charge is -2.22. The molecule has 0 radical (unpaired) electrons. The third-order valence-corrected chi connectivity index (χ3v) is 7.03. The molecular formula is C22H26N4O3S. The van der Waals surface area contributed by atoms with E-state index in [-0.39, 0.29) is 23.7 Å². The number of carbonyl (C=O) groups is 1. The number of carbonyl (C=O) groups excluding carboxylic acids is 1. The number of aromatic nitrogens is 2. The standard InChI is InChI=1S/C22H26N4O3S/c1-3-25-11-7-10-16(25)13-23-19(27)18-12-17-20(28)26(14-15-8-5-4-6-9-15)22(29)24(2)21(17)30-18/h4-6,8-9,12,16H,3,7,10-11,13-14H2,1-2H3,(H,23,27). The van der Waals surface area contributed by atoms with Crippen molar-refractivity contribution in [1.82, 2.24) is 19.4 Å². The number of rotatable bonds is 6. The van der Waals surface area contributed by atoms with Crippen LogP contribution in [0.4, 0.5) is 0 Å². The number of aryl methyl sites for hydroxylation is 1. The van der Waals surface area contributed by atoms with Crippen LogP contribution in [0.1, 0.15) is 35.0 Å². The van der Waals surface area contributed by atoms with Crippen LogP contribution in [0.2, 0.25) is 0 Å². The molecule has 2 aromatic heterocycles. The number of likely N-dealkylation sites (N-methyl/N-ethyl adjacent to an activating group) is 1. The van der Waals surface area contributed by atoms with E-state index in [1.165, 1.54) is 20.5 Å². The minimum atomic E-state index is -0.380. The summed E-state index contributed by atoms with van der Waals surface area (Å²) in [6, 6.07) is 11.4. The van der Waals surface area contributed by atoms with E-state index in [1.807, 2.05) is 30.3 Å². The molecule has 3 heterocycles. The van der Waals surface area contributed by atoms with E-state index < -0.39 is 0 Å². The minimum Gasteiger partial charge on any atom is -0.350 e. The molecule has 1 saturated heterocycles. The van der Waals surface area contributed by atoms with E-state index >= 15 is 0 Å². The smallest absolute Gasteiger partial charge is 0.332 e. The molecule has 30 heavy (non-hydrogen) atoms. The molecule has 1 aromatic carbocycles. The van der Waals surface area contributed by atoms with Gasteiger partial charge < -0.3 is 5.32 Å². The highest BCUT2D eigenvalue weighted by Crippen LogP contribution is 2.22. The average Bonchev–Trinajstić information content (AvgIpc) is 3.41. The topological polar surface area (TPSA) is 76.3 Å². The zero-order chi connectivity index (χ0) is 21.3. The van der Waals surface area contributed by atoms with Crippen molar-refractivity contribution >= 4 is 27.5 Å². The third-order valence-electron chi connectivity index (χ3n) is 5.82. The molecule has 1 unspecified atom stereocenters. The number of likely N-dealkylation sites (tertiary alicyclic amines) is 1. The maximum absolute atomic E-state index is 13.0. The Kier molecular flexibility index (Phi) is 5.87. The quantitative estimate of drug-likeness (QED) is 0.654. The van der Waals surface area contributed by atoms with Gasteiger partial charge in [0, 0.05) is 19.6 Å². The largest absolute Gasteiger partial charge is 0.350 e. The number of thiophene rings is 1. The molecule has 0 spiro atoms. The predicted molar refractivity (Wildman–Crippen MR) is 119 cm³/mol. The molecule has 0 bridgehead atoms. The Bertz CT molecular complexity index is 1180. The second-order valence-electron chi connectivity index (χ2n) is 7.68. The van der Waals surface area contributed by atoms with Gasteiger partial charge >= 0.3 is 5.69 Å². The van der Waals surface area contributed by atoms with Crippen LogP contribution >= 0.6 is 11.3 Å². The Morgan fingerprint density at radius 3 is 2.73 bits per heavy atom. The van der Waals surface area contributed by atoms with Crippen LogP contribution in [0.3, 0.4) is 0 Å². The zero-order valence-electron chi connectivity index (χ0n) is 17.3. The minimum absolute atomic E-state index is 0.194. The van der Waals surface area contributed by atoms with Crippen molar-refractivity contribution in [3.05, 3.63) is 67.7 Å². The Morgan fingerprint density at radius 2 is 2.00 bits per heavy atom. The van der Waals surface area contributed by atoms with Crippen LogP contribution in [0.15, 0.2) is 46.0 Å². The van der Waals surface area contributed by atoms with Gasteiger partial charge in [0.15, 0.2) is 0 Å². The summed E-state index contributed by atoms with van der Waals surface area (Å²) in [6.45, 7) is 4.98. The highest BCUT2D eigenvalue weighted by atomic mass is 32.1. The molecule has 7 nitrogen and oxygen atoms in total. The number of amides is 1. The maximum Gasteiger partial charge on any atom is 0.332 e. The first-order valence-corrected chi connectivity index (χ1v) is 11.1. The summed E-state index contributed by atoms with van der Waals surface area (Å²) in [5, 5.41) is 3.41. The summed E-state index contributed by atoms with van der Waals surface area (Å²) >= 11 is 1.19. The van der Waals surface area contributed by atoms with Gasteiger partial charge in [-0.3, -0.25) is 23.6 Å². The molecule has 4 rings (SSSR count). The monoisotopic (exact) mass is 426 g/mol. The lowest BCUT2D eigenvalue weighted by molar-refractivity contribution is 0.0945.